The maximum atomic E-state index is 13.1. The Morgan fingerprint density at radius 2 is 1.75 bits per heavy atom. The summed E-state index contributed by atoms with van der Waals surface area (Å²) in [5.74, 6) is 0.360. The van der Waals surface area contributed by atoms with Gasteiger partial charge in [0.05, 0.1) is 37.7 Å². The summed E-state index contributed by atoms with van der Waals surface area (Å²) >= 11 is 0. The van der Waals surface area contributed by atoms with Gasteiger partial charge in [0.15, 0.2) is 5.69 Å². The molecule has 1 saturated carbocycles. The largest absolute Gasteiger partial charge is 0.446 e. The molecule has 3 saturated heterocycles. The second-order valence-corrected chi connectivity index (χ2v) is 10.5. The fourth-order valence-corrected chi connectivity index (χ4v) is 6.09. The second kappa shape index (κ2) is 8.88. The van der Waals surface area contributed by atoms with E-state index in [-0.39, 0.29) is 29.7 Å². The number of piperazine rings is 1. The third-order valence-corrected chi connectivity index (χ3v) is 7.69. The number of hydrogen-bond acceptors (Lipinski definition) is 7. The van der Waals surface area contributed by atoms with Crippen LogP contribution >= 0.6 is 0 Å². The van der Waals surface area contributed by atoms with Crippen LogP contribution < -0.4 is 4.90 Å². The van der Waals surface area contributed by atoms with E-state index in [1.54, 1.807) is 4.90 Å². The lowest BCUT2D eigenvalue weighted by Gasteiger charge is -2.59. The lowest BCUT2D eigenvalue weighted by molar-refractivity contribution is -0.143. The number of anilines is 1. The highest BCUT2D eigenvalue weighted by Gasteiger charge is 2.54. The Labute approximate surface area is 207 Å². The van der Waals surface area contributed by atoms with Crippen molar-refractivity contribution < 1.29 is 27.4 Å². The fourth-order valence-electron chi connectivity index (χ4n) is 6.09. The average molecular weight is 504 g/mol. The third-order valence-electron chi connectivity index (χ3n) is 7.69. The highest BCUT2D eigenvalue weighted by atomic mass is 19.4. The minimum atomic E-state index is -4.53. The summed E-state index contributed by atoms with van der Waals surface area (Å²) in [6.07, 6.45) is -1.27. The van der Waals surface area contributed by atoms with E-state index in [1.165, 1.54) is 5.56 Å². The Hall–Kier alpha value is -2.92. The van der Waals surface area contributed by atoms with Crippen molar-refractivity contribution in [2.75, 3.05) is 44.3 Å². The van der Waals surface area contributed by atoms with Gasteiger partial charge in [0, 0.05) is 38.1 Å². The summed E-state index contributed by atoms with van der Waals surface area (Å²) in [5, 5.41) is 0. The van der Waals surface area contributed by atoms with Crippen molar-refractivity contribution in [1.82, 2.24) is 19.8 Å². The number of likely N-dealkylation sites (tertiary alicyclic amines) is 1. The molecule has 1 amide bonds. The smallest absolute Gasteiger partial charge is 0.434 e. The highest BCUT2D eigenvalue weighted by molar-refractivity contribution is 5.70. The zero-order valence-corrected chi connectivity index (χ0v) is 19.7. The van der Waals surface area contributed by atoms with Crippen LogP contribution in [-0.4, -0.2) is 83.4 Å². The number of benzene rings is 1. The molecule has 6 rings (SSSR count). The molecule has 4 fully saturated rings. The second-order valence-electron chi connectivity index (χ2n) is 10.5. The van der Waals surface area contributed by atoms with E-state index in [1.807, 2.05) is 11.0 Å². The lowest BCUT2D eigenvalue weighted by atomic mass is 9.61. The van der Waals surface area contributed by atoms with Crippen molar-refractivity contribution in [1.29, 1.82) is 0 Å². The van der Waals surface area contributed by atoms with E-state index in [4.69, 9.17) is 9.47 Å². The van der Waals surface area contributed by atoms with Crippen molar-refractivity contribution in [2.24, 2.45) is 5.41 Å². The highest BCUT2D eigenvalue weighted by Crippen LogP contribution is 2.50. The number of morpholine rings is 1. The molecule has 3 aliphatic heterocycles. The van der Waals surface area contributed by atoms with Gasteiger partial charge in [-0.1, -0.05) is 30.3 Å². The first kappa shape index (κ1) is 23.5. The molecular formula is C25H28F3N5O3. The number of nitrogens with zero attached hydrogens (tertiary/aromatic N) is 5. The van der Waals surface area contributed by atoms with E-state index in [0.29, 0.717) is 32.1 Å². The number of aromatic nitrogens is 2. The quantitative estimate of drug-likeness (QED) is 0.635. The van der Waals surface area contributed by atoms with Crippen molar-refractivity contribution >= 4 is 11.9 Å². The van der Waals surface area contributed by atoms with E-state index >= 15 is 0 Å². The Bertz CT molecular complexity index is 1070. The molecule has 4 aliphatic rings. The maximum absolute atomic E-state index is 13.1. The number of carbonyl (C=O) groups is 1. The predicted octanol–water partition coefficient (Wildman–Crippen LogP) is 3.19. The Morgan fingerprint density at radius 1 is 1.06 bits per heavy atom. The first-order valence-electron chi connectivity index (χ1n) is 12.3. The van der Waals surface area contributed by atoms with Gasteiger partial charge in [-0.05, 0) is 18.4 Å². The minimum Gasteiger partial charge on any atom is -0.446 e. The zero-order chi connectivity index (χ0) is 24.9. The molecular weight excluding hydrogens is 475 g/mol. The maximum Gasteiger partial charge on any atom is 0.434 e. The van der Waals surface area contributed by atoms with Gasteiger partial charge in [-0.25, -0.2) is 14.8 Å². The number of hydrogen-bond donors (Lipinski definition) is 0. The predicted molar refractivity (Wildman–Crippen MR) is 123 cm³/mol. The van der Waals surface area contributed by atoms with Crippen LogP contribution in [0.3, 0.4) is 0 Å². The molecule has 4 heterocycles. The van der Waals surface area contributed by atoms with E-state index < -0.39 is 11.9 Å². The average Bonchev–Trinajstić information content (AvgIpc) is 2.80. The molecule has 2 unspecified atom stereocenters. The monoisotopic (exact) mass is 503 g/mol. The van der Waals surface area contributed by atoms with Gasteiger partial charge in [-0.3, -0.25) is 9.80 Å². The van der Waals surface area contributed by atoms with Gasteiger partial charge in [-0.15, -0.1) is 0 Å². The number of carbonyl (C=O) groups excluding carboxylic acids is 1. The molecule has 11 heteroatoms. The molecule has 0 N–H and O–H groups in total. The summed E-state index contributed by atoms with van der Waals surface area (Å²) < 4.78 is 50.0. The van der Waals surface area contributed by atoms with Crippen LogP contribution in [0.5, 0.6) is 0 Å². The number of halogens is 3. The molecule has 1 aliphatic carbocycles. The van der Waals surface area contributed by atoms with Gasteiger partial charge >= 0.3 is 12.3 Å². The van der Waals surface area contributed by atoms with Crippen molar-refractivity contribution in [2.45, 2.75) is 43.8 Å². The SMILES string of the molecule is O=C(OC1CC2(C1)CN(Cc1ccccc1)C2)N1C2COCC1CN(c1cnc(C(F)(F)F)cn1)C2. The normalized spacial score (nSPS) is 25.9. The molecule has 0 radical (unpaired) electrons. The number of ether oxygens (including phenoxy) is 2. The Morgan fingerprint density at radius 3 is 2.36 bits per heavy atom. The van der Waals surface area contributed by atoms with Crippen molar-refractivity contribution in [3.8, 4) is 0 Å². The standard InChI is InChI=1S/C25H28F3N5O3/c26-25(27,28)21-8-30-22(9-29-21)32-11-18-13-35-14-19(12-32)33(18)23(34)36-20-6-24(7-20)15-31(16-24)10-17-4-2-1-3-5-17/h1-5,8-9,18-20H,6-7,10-16H2. The topological polar surface area (TPSA) is 71.0 Å². The first-order chi connectivity index (χ1) is 17.3. The number of amides is 1. The molecule has 1 spiro atoms. The van der Waals surface area contributed by atoms with E-state index in [0.717, 1.165) is 44.9 Å². The molecule has 2 aromatic rings. The van der Waals surface area contributed by atoms with Crippen LogP contribution in [0.1, 0.15) is 24.1 Å². The number of rotatable bonds is 4. The molecule has 8 nitrogen and oxygen atoms in total. The number of alkyl halides is 3. The molecule has 1 aromatic carbocycles. The molecule has 36 heavy (non-hydrogen) atoms. The van der Waals surface area contributed by atoms with Gasteiger partial charge in [0.1, 0.15) is 11.9 Å². The summed E-state index contributed by atoms with van der Waals surface area (Å²) in [6.45, 7) is 4.50. The van der Waals surface area contributed by atoms with Crippen LogP contribution in [0.25, 0.3) is 0 Å². The minimum absolute atomic E-state index is 0.0724. The van der Waals surface area contributed by atoms with Gasteiger partial charge in [0.25, 0.3) is 0 Å². The summed E-state index contributed by atoms with van der Waals surface area (Å²) in [7, 11) is 0. The fraction of sp³-hybridized carbons (Fsp3) is 0.560. The zero-order valence-electron chi connectivity index (χ0n) is 19.7. The van der Waals surface area contributed by atoms with Crippen LogP contribution in [0.2, 0.25) is 0 Å². The number of fused-ring (bicyclic) bond motifs is 2. The third kappa shape index (κ3) is 4.50. The van der Waals surface area contributed by atoms with Crippen molar-refractivity contribution in [3.05, 3.63) is 54.0 Å². The van der Waals surface area contributed by atoms with Gasteiger partial charge in [-0.2, -0.15) is 13.2 Å². The Balaban J connectivity index is 1.01. The summed E-state index contributed by atoms with van der Waals surface area (Å²) in [6, 6.07) is 9.90. The first-order valence-corrected chi connectivity index (χ1v) is 12.3. The van der Waals surface area contributed by atoms with Crippen LogP contribution in [0, 0.1) is 5.41 Å². The molecule has 2 bridgehead atoms. The van der Waals surface area contributed by atoms with E-state index in [2.05, 4.69) is 39.1 Å². The van der Waals surface area contributed by atoms with Gasteiger partial charge < -0.3 is 14.4 Å². The van der Waals surface area contributed by atoms with Gasteiger partial charge in [0.2, 0.25) is 0 Å². The van der Waals surface area contributed by atoms with Crippen LogP contribution in [0.4, 0.5) is 23.8 Å². The molecule has 1 aromatic heterocycles. The summed E-state index contributed by atoms with van der Waals surface area (Å²) in [5.41, 5.74) is 0.549. The Kier molecular flexibility index (Phi) is 5.79. The molecule has 192 valence electrons. The lowest BCUT2D eigenvalue weighted by Crippen LogP contribution is -2.68. The molecule has 2 atom stereocenters. The van der Waals surface area contributed by atoms with Crippen LogP contribution in [0.15, 0.2) is 42.7 Å². The summed E-state index contributed by atoms with van der Waals surface area (Å²) in [4.78, 5) is 26.6. The van der Waals surface area contributed by atoms with E-state index in [9.17, 15) is 18.0 Å². The van der Waals surface area contributed by atoms with Crippen molar-refractivity contribution in [3.63, 3.8) is 0 Å². The van der Waals surface area contributed by atoms with Crippen LogP contribution in [-0.2, 0) is 22.2 Å².